The molecule has 0 bridgehead atoms. The molecule has 1 aromatic carbocycles. The zero-order chi connectivity index (χ0) is 13.0. The van der Waals surface area contributed by atoms with Gasteiger partial charge in [-0.15, -0.1) is 22.9 Å². The topological polar surface area (TPSA) is 0 Å². The highest BCUT2D eigenvalue weighted by Gasteiger charge is 2.12. The van der Waals surface area contributed by atoms with Gasteiger partial charge in [-0.1, -0.05) is 41.4 Å². The minimum absolute atomic E-state index is 0.450. The molecule has 96 valence electrons. The Morgan fingerprint density at radius 3 is 2.39 bits per heavy atom. The normalized spacial score (nSPS) is 12.6. The zero-order valence-corrected chi connectivity index (χ0v) is 12.7. The van der Waals surface area contributed by atoms with Crippen LogP contribution in [0.15, 0.2) is 35.7 Å². The second-order valence-electron chi connectivity index (χ2n) is 4.61. The van der Waals surface area contributed by atoms with Gasteiger partial charge < -0.3 is 0 Å². The van der Waals surface area contributed by atoms with Gasteiger partial charge in [-0.3, -0.25) is 0 Å². The smallest absolute Gasteiger partial charge is 0.0545 e. The number of aryl methyl sites for hydroxylation is 1. The largest absolute Gasteiger partial charge is 0.147 e. The predicted molar refractivity (Wildman–Crippen MR) is 82.1 cm³/mol. The number of rotatable bonds is 5. The van der Waals surface area contributed by atoms with E-state index in [1.54, 1.807) is 11.3 Å². The molecule has 0 aliphatic heterocycles. The molecule has 3 heteroatoms. The summed E-state index contributed by atoms with van der Waals surface area (Å²) < 4.78 is 0. The Balaban J connectivity index is 2.01. The lowest BCUT2D eigenvalue weighted by Crippen LogP contribution is -2.09. The highest BCUT2D eigenvalue weighted by Crippen LogP contribution is 2.26. The maximum absolute atomic E-state index is 6.13. The molecule has 0 nitrogen and oxygen atoms in total. The maximum Gasteiger partial charge on any atom is 0.0545 e. The third-order valence-electron chi connectivity index (χ3n) is 3.03. The number of benzene rings is 1. The number of halogens is 2. The molecule has 2 aromatic rings. The summed E-state index contributed by atoms with van der Waals surface area (Å²) in [5, 5.41) is 2.91. The van der Waals surface area contributed by atoms with Crippen molar-refractivity contribution in [3.63, 3.8) is 0 Å². The zero-order valence-electron chi connectivity index (χ0n) is 10.3. The van der Waals surface area contributed by atoms with Crippen molar-refractivity contribution in [2.45, 2.75) is 19.8 Å². The van der Waals surface area contributed by atoms with E-state index in [4.69, 9.17) is 23.2 Å². The van der Waals surface area contributed by atoms with Crippen molar-refractivity contribution in [2.24, 2.45) is 5.92 Å². The molecular formula is C15H16Cl2S. The molecule has 0 aliphatic rings. The number of alkyl halides is 1. The van der Waals surface area contributed by atoms with E-state index in [0.717, 1.165) is 17.9 Å². The second kappa shape index (κ2) is 6.60. The quantitative estimate of drug-likeness (QED) is 0.653. The van der Waals surface area contributed by atoms with Crippen LogP contribution in [0.3, 0.4) is 0 Å². The van der Waals surface area contributed by atoms with Crippen molar-refractivity contribution in [3.8, 4) is 0 Å². The first-order valence-corrected chi connectivity index (χ1v) is 7.81. The molecule has 1 aromatic heterocycles. The molecule has 0 spiro atoms. The van der Waals surface area contributed by atoms with Crippen LogP contribution in [0.25, 0.3) is 0 Å². The van der Waals surface area contributed by atoms with Crippen molar-refractivity contribution in [1.82, 2.24) is 0 Å². The van der Waals surface area contributed by atoms with Gasteiger partial charge in [0.1, 0.15) is 0 Å². The van der Waals surface area contributed by atoms with Gasteiger partial charge in [-0.2, -0.15) is 0 Å². The fraction of sp³-hybridized carbons (Fsp3) is 0.333. The average Bonchev–Trinajstić information content (AvgIpc) is 2.77. The highest BCUT2D eigenvalue weighted by molar-refractivity contribution is 7.10. The van der Waals surface area contributed by atoms with Crippen molar-refractivity contribution < 1.29 is 0 Å². The summed E-state index contributed by atoms with van der Waals surface area (Å²) in [6.45, 7) is 2.11. The summed E-state index contributed by atoms with van der Waals surface area (Å²) in [5.74, 6) is 1.12. The summed E-state index contributed by atoms with van der Waals surface area (Å²) in [7, 11) is 0. The molecule has 0 saturated heterocycles. The highest BCUT2D eigenvalue weighted by atomic mass is 35.5. The van der Waals surface area contributed by atoms with E-state index >= 15 is 0 Å². The van der Waals surface area contributed by atoms with Gasteiger partial charge in [0, 0.05) is 10.8 Å². The van der Waals surface area contributed by atoms with Crippen LogP contribution < -0.4 is 0 Å². The van der Waals surface area contributed by atoms with E-state index in [9.17, 15) is 0 Å². The van der Waals surface area contributed by atoms with Crippen LogP contribution in [-0.4, -0.2) is 5.88 Å². The Morgan fingerprint density at radius 2 is 1.83 bits per heavy atom. The average molecular weight is 299 g/mol. The molecule has 0 amide bonds. The van der Waals surface area contributed by atoms with Crippen LogP contribution in [0.1, 0.15) is 16.0 Å². The minimum atomic E-state index is 0.450. The maximum atomic E-state index is 6.13. The fourth-order valence-electron chi connectivity index (χ4n) is 1.97. The molecule has 1 heterocycles. The summed E-state index contributed by atoms with van der Waals surface area (Å²) in [6, 6.07) is 10.6. The fourth-order valence-corrected chi connectivity index (χ4v) is 3.42. The molecule has 1 unspecified atom stereocenters. The molecular weight excluding hydrogens is 283 g/mol. The van der Waals surface area contributed by atoms with Gasteiger partial charge in [-0.25, -0.2) is 0 Å². The molecule has 0 N–H and O–H groups in total. The lowest BCUT2D eigenvalue weighted by molar-refractivity contribution is 0.589. The summed E-state index contributed by atoms with van der Waals surface area (Å²) in [5.41, 5.74) is 2.64. The van der Waals surface area contributed by atoms with Crippen LogP contribution in [0.5, 0.6) is 0 Å². The van der Waals surface area contributed by atoms with Crippen LogP contribution in [0, 0.1) is 12.8 Å². The molecule has 18 heavy (non-hydrogen) atoms. The number of hydrogen-bond acceptors (Lipinski definition) is 1. The molecule has 0 saturated carbocycles. The molecule has 0 fully saturated rings. The van der Waals surface area contributed by atoms with Crippen molar-refractivity contribution in [2.75, 3.05) is 5.88 Å². The van der Waals surface area contributed by atoms with Crippen molar-refractivity contribution in [1.29, 1.82) is 0 Å². The Labute approximate surface area is 123 Å². The lowest BCUT2D eigenvalue weighted by atomic mass is 9.96. The summed E-state index contributed by atoms with van der Waals surface area (Å²) in [4.78, 5) is 1.24. The van der Waals surface area contributed by atoms with Gasteiger partial charge in [-0.05, 0) is 42.7 Å². The molecule has 0 aliphatic carbocycles. The first kappa shape index (κ1) is 13.9. The first-order chi connectivity index (χ1) is 8.69. The van der Waals surface area contributed by atoms with E-state index < -0.39 is 0 Å². The third-order valence-corrected chi connectivity index (χ3v) is 4.87. The Bertz CT molecular complexity index is 487. The first-order valence-electron chi connectivity index (χ1n) is 6.02. The number of thiophene rings is 1. The second-order valence-corrected chi connectivity index (χ2v) is 6.32. The summed E-state index contributed by atoms with van der Waals surface area (Å²) >= 11 is 13.9. The molecule has 0 radical (unpaired) electrons. The molecule has 1 atom stereocenters. The predicted octanol–water partition coefficient (Wildman–Crippen LogP) is 5.35. The van der Waals surface area contributed by atoms with Crippen molar-refractivity contribution in [3.05, 3.63) is 56.7 Å². The monoisotopic (exact) mass is 298 g/mol. The van der Waals surface area contributed by atoms with Gasteiger partial charge in [0.05, 0.1) is 5.02 Å². The van der Waals surface area contributed by atoms with Crippen LogP contribution in [0.4, 0.5) is 0 Å². The van der Waals surface area contributed by atoms with Crippen LogP contribution in [0.2, 0.25) is 5.02 Å². The standard InChI is InChI=1S/C15H16Cl2S/c1-11-2-4-12(5-3-11)8-13(10-16)9-15-14(17)6-7-18-15/h2-7,13H,8-10H2,1H3. The van der Waals surface area contributed by atoms with Crippen molar-refractivity contribution >= 4 is 34.5 Å². The Kier molecular flexibility index (Phi) is 5.11. The van der Waals surface area contributed by atoms with E-state index in [2.05, 4.69) is 31.2 Å². The Morgan fingerprint density at radius 1 is 1.11 bits per heavy atom. The van der Waals surface area contributed by atoms with Gasteiger partial charge >= 0.3 is 0 Å². The van der Waals surface area contributed by atoms with Gasteiger partial charge in [0.2, 0.25) is 0 Å². The van der Waals surface area contributed by atoms with Crippen LogP contribution >= 0.6 is 34.5 Å². The van der Waals surface area contributed by atoms with E-state index in [1.807, 2.05) is 11.4 Å². The lowest BCUT2D eigenvalue weighted by Gasteiger charge is -2.13. The minimum Gasteiger partial charge on any atom is -0.147 e. The summed E-state index contributed by atoms with van der Waals surface area (Å²) in [6.07, 6.45) is 1.98. The van der Waals surface area contributed by atoms with E-state index in [-0.39, 0.29) is 0 Å². The van der Waals surface area contributed by atoms with Crippen LogP contribution in [-0.2, 0) is 12.8 Å². The number of hydrogen-bond donors (Lipinski definition) is 0. The van der Waals surface area contributed by atoms with E-state index in [1.165, 1.54) is 16.0 Å². The Hall–Kier alpha value is -0.500. The van der Waals surface area contributed by atoms with Gasteiger partial charge in [0.25, 0.3) is 0 Å². The van der Waals surface area contributed by atoms with E-state index in [0.29, 0.717) is 11.8 Å². The third kappa shape index (κ3) is 3.74. The SMILES string of the molecule is Cc1ccc(CC(CCl)Cc2sccc2Cl)cc1. The van der Waals surface area contributed by atoms with Gasteiger partial charge in [0.15, 0.2) is 0 Å². The molecule has 2 rings (SSSR count).